The first-order valence-corrected chi connectivity index (χ1v) is 8.61. The van der Waals surface area contributed by atoms with Gasteiger partial charge < -0.3 is 10.6 Å². The Morgan fingerprint density at radius 3 is 2.50 bits per heavy atom. The lowest BCUT2D eigenvalue weighted by Gasteiger charge is -2.27. The first-order valence-electron chi connectivity index (χ1n) is 8.61. The van der Waals surface area contributed by atoms with Crippen molar-refractivity contribution < 1.29 is 4.79 Å². The van der Waals surface area contributed by atoms with E-state index in [0.29, 0.717) is 12.4 Å². The number of benzene rings is 1. The van der Waals surface area contributed by atoms with E-state index in [-0.39, 0.29) is 5.91 Å². The summed E-state index contributed by atoms with van der Waals surface area (Å²) in [4.78, 5) is 12.5. The van der Waals surface area contributed by atoms with Crippen LogP contribution in [0.4, 0.5) is 0 Å². The third-order valence-electron chi connectivity index (χ3n) is 4.12. The Hall–Kier alpha value is -3.08. The predicted molar refractivity (Wildman–Crippen MR) is 107 cm³/mol. The maximum atomic E-state index is 12.5. The van der Waals surface area contributed by atoms with Crippen LogP contribution in [-0.4, -0.2) is 23.2 Å². The third kappa shape index (κ3) is 4.72. The molecule has 1 aromatic carbocycles. The highest BCUT2D eigenvalue weighted by Gasteiger charge is 2.22. The van der Waals surface area contributed by atoms with Crippen molar-refractivity contribution in [3.05, 3.63) is 83.5 Å². The van der Waals surface area contributed by atoms with E-state index in [1.807, 2.05) is 70.2 Å². The molecule has 5 heteroatoms. The Balaban J connectivity index is 2.10. The molecule has 1 aliphatic rings. The Bertz CT molecular complexity index is 801. The summed E-state index contributed by atoms with van der Waals surface area (Å²) in [5.74, 6) is 0.222. The van der Waals surface area contributed by atoms with Crippen LogP contribution < -0.4 is 10.6 Å². The fourth-order valence-corrected chi connectivity index (χ4v) is 2.52. The number of carbonyl (C=O) groups excluding carboxylic acids is 1. The second-order valence-corrected chi connectivity index (χ2v) is 5.97. The molecule has 0 radical (unpaired) electrons. The van der Waals surface area contributed by atoms with Gasteiger partial charge in [-0.2, -0.15) is 10.1 Å². The molecule has 0 unspecified atom stereocenters. The van der Waals surface area contributed by atoms with Crippen molar-refractivity contribution in [2.75, 3.05) is 6.54 Å². The van der Waals surface area contributed by atoms with Crippen LogP contribution >= 0.6 is 0 Å². The number of amides is 1. The molecule has 1 amide bonds. The summed E-state index contributed by atoms with van der Waals surface area (Å²) in [6, 6.07) is 9.73. The molecule has 5 nitrogen and oxygen atoms in total. The van der Waals surface area contributed by atoms with E-state index in [2.05, 4.69) is 22.3 Å². The largest absolute Gasteiger partial charge is 0.380 e. The molecule has 0 spiro atoms. The second kappa shape index (κ2) is 8.85. The number of hydrazone groups is 1. The number of hydrogen-bond acceptors (Lipinski definition) is 4. The van der Waals surface area contributed by atoms with Crippen LogP contribution in [0.5, 0.6) is 0 Å². The standard InChI is InChI=1S/C21H26N4O/c1-6-15(3)20(7-2)22-14-19-13-21(26)25(17(5)23-19)24-16(4)18-11-9-8-10-12-18/h6-13,22-23H,5,14H2,1-4H3/b15-6-,20-7+,24-16+. The minimum Gasteiger partial charge on any atom is -0.380 e. The molecule has 1 heterocycles. The van der Waals surface area contributed by atoms with Crippen LogP contribution in [0, 0.1) is 0 Å². The molecule has 1 aliphatic heterocycles. The summed E-state index contributed by atoms with van der Waals surface area (Å²) >= 11 is 0. The number of nitrogens with one attached hydrogen (secondary N) is 2. The van der Waals surface area contributed by atoms with E-state index in [4.69, 9.17) is 0 Å². The van der Waals surface area contributed by atoms with Crippen LogP contribution in [0.25, 0.3) is 0 Å². The molecule has 1 aromatic rings. The summed E-state index contributed by atoms with van der Waals surface area (Å²) in [6.07, 6.45) is 5.59. The van der Waals surface area contributed by atoms with Crippen molar-refractivity contribution in [1.29, 1.82) is 0 Å². The highest BCUT2D eigenvalue weighted by atomic mass is 16.2. The van der Waals surface area contributed by atoms with Crippen molar-refractivity contribution in [2.45, 2.75) is 27.7 Å². The van der Waals surface area contributed by atoms with Crippen LogP contribution in [0.15, 0.2) is 83.0 Å². The van der Waals surface area contributed by atoms with Gasteiger partial charge in [0, 0.05) is 17.5 Å². The van der Waals surface area contributed by atoms with Crippen molar-refractivity contribution >= 4 is 11.6 Å². The van der Waals surface area contributed by atoms with E-state index < -0.39 is 0 Å². The van der Waals surface area contributed by atoms with Gasteiger partial charge in [0.05, 0.1) is 12.3 Å². The fraction of sp³-hybridized carbons (Fsp3) is 0.238. The Morgan fingerprint density at radius 1 is 1.23 bits per heavy atom. The van der Waals surface area contributed by atoms with Crippen molar-refractivity contribution in [1.82, 2.24) is 15.6 Å². The molecule has 2 N–H and O–H groups in total. The zero-order valence-electron chi connectivity index (χ0n) is 15.8. The summed E-state index contributed by atoms with van der Waals surface area (Å²) in [7, 11) is 0. The van der Waals surface area contributed by atoms with Gasteiger partial charge in [0.2, 0.25) is 0 Å². The molecule has 136 valence electrons. The number of carbonyl (C=O) groups is 1. The first kappa shape index (κ1) is 19.2. The summed E-state index contributed by atoms with van der Waals surface area (Å²) in [5, 5.41) is 12.2. The fourth-order valence-electron chi connectivity index (χ4n) is 2.52. The number of nitrogens with zero attached hydrogens (tertiary/aromatic N) is 2. The zero-order chi connectivity index (χ0) is 19.1. The normalized spacial score (nSPS) is 16.4. The van der Waals surface area contributed by atoms with E-state index in [9.17, 15) is 4.79 Å². The van der Waals surface area contributed by atoms with Gasteiger partial charge in [0.25, 0.3) is 5.91 Å². The maximum absolute atomic E-state index is 12.5. The number of allylic oxidation sites excluding steroid dienone is 3. The van der Waals surface area contributed by atoms with Gasteiger partial charge in [-0.05, 0) is 38.8 Å². The van der Waals surface area contributed by atoms with E-state index >= 15 is 0 Å². The van der Waals surface area contributed by atoms with Crippen LogP contribution in [0.1, 0.15) is 33.3 Å². The van der Waals surface area contributed by atoms with Crippen LogP contribution in [-0.2, 0) is 4.79 Å². The topological polar surface area (TPSA) is 56.7 Å². The lowest BCUT2D eigenvalue weighted by atomic mass is 10.1. The molecule has 0 atom stereocenters. The van der Waals surface area contributed by atoms with Gasteiger partial charge in [-0.3, -0.25) is 4.79 Å². The van der Waals surface area contributed by atoms with E-state index in [1.165, 1.54) is 5.01 Å². The van der Waals surface area contributed by atoms with Gasteiger partial charge in [-0.15, -0.1) is 0 Å². The number of rotatable bonds is 6. The summed E-state index contributed by atoms with van der Waals surface area (Å²) in [6.45, 7) is 12.3. The molecule has 0 saturated carbocycles. The van der Waals surface area contributed by atoms with Gasteiger partial charge in [-0.25, -0.2) is 0 Å². The highest BCUT2D eigenvalue weighted by Crippen LogP contribution is 2.14. The highest BCUT2D eigenvalue weighted by molar-refractivity contribution is 6.00. The van der Waals surface area contributed by atoms with Gasteiger partial charge in [0.15, 0.2) is 0 Å². The second-order valence-electron chi connectivity index (χ2n) is 5.97. The van der Waals surface area contributed by atoms with E-state index in [0.717, 1.165) is 28.2 Å². The molecule has 0 aromatic heterocycles. The molecule has 0 fully saturated rings. The predicted octanol–water partition coefficient (Wildman–Crippen LogP) is 3.66. The summed E-state index contributed by atoms with van der Waals surface area (Å²) < 4.78 is 0. The smallest absolute Gasteiger partial charge is 0.274 e. The van der Waals surface area contributed by atoms with Gasteiger partial charge in [-0.1, -0.05) is 49.1 Å². The minimum atomic E-state index is -0.217. The van der Waals surface area contributed by atoms with Crippen LogP contribution in [0.3, 0.4) is 0 Å². The molecular formula is C21H26N4O. The van der Waals surface area contributed by atoms with Gasteiger partial charge in [0.1, 0.15) is 5.82 Å². The van der Waals surface area contributed by atoms with E-state index in [1.54, 1.807) is 6.08 Å². The van der Waals surface area contributed by atoms with Crippen LogP contribution in [0.2, 0.25) is 0 Å². The molecule has 0 bridgehead atoms. The maximum Gasteiger partial charge on any atom is 0.274 e. The van der Waals surface area contributed by atoms with Crippen molar-refractivity contribution in [3.8, 4) is 0 Å². The molecule has 26 heavy (non-hydrogen) atoms. The molecule has 2 rings (SSSR count). The Kier molecular flexibility index (Phi) is 6.55. The van der Waals surface area contributed by atoms with Crippen molar-refractivity contribution in [3.63, 3.8) is 0 Å². The molecule has 0 aliphatic carbocycles. The lowest BCUT2D eigenvalue weighted by Crippen LogP contribution is -2.39. The Morgan fingerprint density at radius 2 is 1.92 bits per heavy atom. The lowest BCUT2D eigenvalue weighted by molar-refractivity contribution is -0.125. The molecular weight excluding hydrogens is 324 g/mol. The van der Waals surface area contributed by atoms with Crippen molar-refractivity contribution in [2.24, 2.45) is 5.10 Å². The third-order valence-corrected chi connectivity index (χ3v) is 4.12. The molecule has 0 saturated heterocycles. The minimum absolute atomic E-state index is 0.217. The average Bonchev–Trinajstić information content (AvgIpc) is 2.65. The average molecular weight is 350 g/mol. The number of hydrogen-bond donors (Lipinski definition) is 2. The SMILES string of the molecule is C=C1NC(CNC(=C/C)/C(C)=C\C)=CC(=O)N1/N=C(\C)c1ccccc1. The zero-order valence-corrected chi connectivity index (χ0v) is 15.8. The summed E-state index contributed by atoms with van der Waals surface area (Å²) in [5.41, 5.74) is 4.65. The van der Waals surface area contributed by atoms with Gasteiger partial charge >= 0.3 is 0 Å². The quantitative estimate of drug-likeness (QED) is 0.608. The monoisotopic (exact) mass is 350 g/mol. The first-order chi connectivity index (χ1) is 12.5. The Labute approximate surface area is 155 Å².